The summed E-state index contributed by atoms with van der Waals surface area (Å²) in [5, 5.41) is 10.5. The molecule has 0 unspecified atom stereocenters. The molecular weight excluding hydrogens is 384 g/mol. The summed E-state index contributed by atoms with van der Waals surface area (Å²) in [6.45, 7) is 3.16. The van der Waals surface area contributed by atoms with Gasteiger partial charge in [-0.1, -0.05) is 65.7 Å². The molecule has 1 heterocycles. The lowest BCUT2D eigenvalue weighted by Crippen LogP contribution is -2.27. The van der Waals surface area contributed by atoms with Crippen LogP contribution in [0.4, 0.5) is 5.69 Å². The highest BCUT2D eigenvalue weighted by atomic mass is 35.5. The summed E-state index contributed by atoms with van der Waals surface area (Å²) in [5.74, 6) is 0.672. The average molecular weight is 405 g/mol. The maximum atomic E-state index is 6.50. The van der Waals surface area contributed by atoms with Crippen LogP contribution in [0.5, 0.6) is 5.75 Å². The molecule has 146 valence electrons. The van der Waals surface area contributed by atoms with Crippen molar-refractivity contribution in [3.05, 3.63) is 107 Å². The van der Waals surface area contributed by atoms with Gasteiger partial charge in [0.25, 0.3) is 0 Å². The first-order valence-corrected chi connectivity index (χ1v) is 9.71. The number of aromatic nitrogens is 3. The van der Waals surface area contributed by atoms with Crippen LogP contribution in [0.3, 0.4) is 0 Å². The molecule has 0 aliphatic heterocycles. The van der Waals surface area contributed by atoms with Crippen molar-refractivity contribution in [1.29, 1.82) is 0 Å². The Balaban J connectivity index is 1.52. The van der Waals surface area contributed by atoms with Crippen LogP contribution < -0.4 is 9.75 Å². The van der Waals surface area contributed by atoms with Crippen molar-refractivity contribution in [2.45, 2.75) is 20.1 Å². The molecule has 0 aliphatic carbocycles. The first kappa shape index (κ1) is 19.0. The molecule has 0 saturated carbocycles. The summed E-state index contributed by atoms with van der Waals surface area (Å²) in [7, 11) is 0. The molecular formula is C23H21ClN4O. The molecule has 0 aliphatic rings. The van der Waals surface area contributed by atoms with E-state index in [4.69, 9.17) is 16.3 Å². The van der Waals surface area contributed by atoms with Gasteiger partial charge in [0, 0.05) is 0 Å². The second-order valence-electron chi connectivity index (χ2n) is 6.77. The topological polar surface area (TPSA) is 43.2 Å². The number of anilines is 1. The number of rotatable bonds is 7. The number of halogens is 1. The van der Waals surface area contributed by atoms with Gasteiger partial charge in [-0.2, -0.15) is 0 Å². The summed E-state index contributed by atoms with van der Waals surface area (Å²) in [6.07, 6.45) is 3.36. The maximum Gasteiger partial charge on any atom is 0.139 e. The van der Waals surface area contributed by atoms with Crippen LogP contribution in [-0.4, -0.2) is 14.9 Å². The minimum Gasteiger partial charge on any atom is -0.487 e. The van der Waals surface area contributed by atoms with E-state index in [1.165, 1.54) is 5.56 Å². The third-order valence-electron chi connectivity index (χ3n) is 4.58. The van der Waals surface area contributed by atoms with E-state index in [0.29, 0.717) is 23.9 Å². The van der Waals surface area contributed by atoms with Crippen LogP contribution in [-0.2, 0) is 13.2 Å². The second kappa shape index (κ2) is 8.80. The first-order valence-electron chi connectivity index (χ1n) is 9.33. The lowest BCUT2D eigenvalue weighted by atomic mass is 10.2. The molecule has 4 aromatic rings. The number of nitrogens with zero attached hydrogens (tertiary/aromatic N) is 4. The molecule has 0 N–H and O–H groups in total. The van der Waals surface area contributed by atoms with Crippen LogP contribution in [0, 0.1) is 6.92 Å². The van der Waals surface area contributed by atoms with E-state index in [1.807, 2.05) is 53.2 Å². The fraction of sp³-hybridized carbons (Fsp3) is 0.130. The molecule has 4 rings (SSSR count). The third kappa shape index (κ3) is 4.76. The summed E-state index contributed by atoms with van der Waals surface area (Å²) < 4.78 is 7.74. The zero-order valence-electron chi connectivity index (χ0n) is 16.1. The Kier molecular flexibility index (Phi) is 5.77. The highest BCUT2D eigenvalue weighted by Gasteiger charge is 2.12. The van der Waals surface area contributed by atoms with Gasteiger partial charge in [-0.05, 0) is 42.3 Å². The molecule has 6 heteroatoms. The Morgan fingerprint density at radius 3 is 2.31 bits per heavy atom. The Morgan fingerprint density at radius 1 is 0.897 bits per heavy atom. The van der Waals surface area contributed by atoms with E-state index in [9.17, 15) is 0 Å². The lowest BCUT2D eigenvalue weighted by molar-refractivity contribution is 0.306. The highest BCUT2D eigenvalue weighted by molar-refractivity contribution is 6.32. The molecule has 0 atom stereocenters. The Hall–Kier alpha value is -3.31. The molecule has 29 heavy (non-hydrogen) atoms. The van der Waals surface area contributed by atoms with Gasteiger partial charge in [0.2, 0.25) is 0 Å². The lowest BCUT2D eigenvalue weighted by Gasteiger charge is -2.25. The van der Waals surface area contributed by atoms with E-state index in [-0.39, 0.29) is 0 Å². The molecule has 0 spiro atoms. The number of aryl methyl sites for hydroxylation is 1. The zero-order valence-corrected chi connectivity index (χ0v) is 16.8. The third-order valence-corrected chi connectivity index (χ3v) is 4.88. The van der Waals surface area contributed by atoms with Crippen LogP contribution in [0.25, 0.3) is 0 Å². The summed E-state index contributed by atoms with van der Waals surface area (Å²) in [4.78, 5) is 0. The van der Waals surface area contributed by atoms with Crippen molar-refractivity contribution in [3.63, 3.8) is 0 Å². The number of benzene rings is 3. The van der Waals surface area contributed by atoms with E-state index >= 15 is 0 Å². The quantitative estimate of drug-likeness (QED) is 0.420. The summed E-state index contributed by atoms with van der Waals surface area (Å²) in [6, 6.07) is 24.2. The minimum absolute atomic E-state index is 0.482. The number of hydrogen-bond donors (Lipinski definition) is 0. The largest absolute Gasteiger partial charge is 0.487 e. The minimum atomic E-state index is 0.482. The summed E-state index contributed by atoms with van der Waals surface area (Å²) in [5.41, 5.74) is 4.40. The molecule has 0 amide bonds. The van der Waals surface area contributed by atoms with E-state index in [2.05, 4.69) is 46.4 Å². The van der Waals surface area contributed by atoms with Gasteiger partial charge in [0.1, 0.15) is 25.0 Å². The first-order chi connectivity index (χ1) is 14.2. The second-order valence-corrected chi connectivity index (χ2v) is 7.18. The molecule has 0 saturated heterocycles. The van der Waals surface area contributed by atoms with E-state index in [1.54, 1.807) is 12.7 Å². The van der Waals surface area contributed by atoms with Crippen LogP contribution >= 0.6 is 11.6 Å². The smallest absolute Gasteiger partial charge is 0.139 e. The summed E-state index contributed by atoms with van der Waals surface area (Å²) >= 11 is 6.50. The molecule has 0 bridgehead atoms. The Bertz CT molecular complexity index is 1050. The van der Waals surface area contributed by atoms with Crippen molar-refractivity contribution in [2.24, 2.45) is 0 Å². The van der Waals surface area contributed by atoms with Gasteiger partial charge in [-0.3, -0.25) is 5.01 Å². The maximum absolute atomic E-state index is 6.50. The SMILES string of the molecule is Cc1ccc(N(Cc2ccc(OCc3ccccc3)c(Cl)c2)n2cnnc2)cc1. The average Bonchev–Trinajstić information content (AvgIpc) is 3.27. The Labute approximate surface area is 175 Å². The molecule has 5 nitrogen and oxygen atoms in total. The van der Waals surface area contributed by atoms with Crippen LogP contribution in [0.15, 0.2) is 85.5 Å². The van der Waals surface area contributed by atoms with Gasteiger partial charge in [0.05, 0.1) is 17.3 Å². The predicted octanol–water partition coefficient (Wildman–Crippen LogP) is 5.29. The van der Waals surface area contributed by atoms with Gasteiger partial charge >= 0.3 is 0 Å². The molecule has 0 radical (unpaired) electrons. The van der Waals surface area contributed by atoms with Crippen molar-refractivity contribution in [2.75, 3.05) is 5.01 Å². The highest BCUT2D eigenvalue weighted by Crippen LogP contribution is 2.28. The van der Waals surface area contributed by atoms with Gasteiger partial charge in [0.15, 0.2) is 0 Å². The van der Waals surface area contributed by atoms with Crippen LogP contribution in [0.1, 0.15) is 16.7 Å². The standard InChI is InChI=1S/C23H21ClN4O/c1-18-7-10-21(11-8-18)28(27-16-25-26-17-27)14-20-9-12-23(22(24)13-20)29-15-19-5-3-2-4-6-19/h2-13,16-17H,14-15H2,1H3. The molecule has 0 fully saturated rings. The van der Waals surface area contributed by atoms with Crippen molar-refractivity contribution in [3.8, 4) is 5.75 Å². The molecule has 3 aromatic carbocycles. The van der Waals surface area contributed by atoms with Crippen molar-refractivity contribution in [1.82, 2.24) is 14.9 Å². The number of hydrogen-bond acceptors (Lipinski definition) is 4. The number of ether oxygens (including phenoxy) is 1. The fourth-order valence-electron chi connectivity index (χ4n) is 3.01. The zero-order chi connectivity index (χ0) is 20.1. The van der Waals surface area contributed by atoms with E-state index < -0.39 is 0 Å². The van der Waals surface area contributed by atoms with Crippen LogP contribution in [0.2, 0.25) is 5.02 Å². The van der Waals surface area contributed by atoms with Crippen molar-refractivity contribution >= 4 is 17.3 Å². The fourth-order valence-corrected chi connectivity index (χ4v) is 3.27. The van der Waals surface area contributed by atoms with Gasteiger partial charge in [-0.15, -0.1) is 10.2 Å². The normalized spacial score (nSPS) is 10.7. The van der Waals surface area contributed by atoms with Gasteiger partial charge in [-0.25, -0.2) is 4.68 Å². The van der Waals surface area contributed by atoms with Gasteiger partial charge < -0.3 is 4.74 Å². The predicted molar refractivity (Wildman–Crippen MR) is 115 cm³/mol. The monoisotopic (exact) mass is 404 g/mol. The Morgan fingerprint density at radius 2 is 1.62 bits per heavy atom. The molecule has 1 aromatic heterocycles. The van der Waals surface area contributed by atoms with E-state index in [0.717, 1.165) is 16.8 Å². The van der Waals surface area contributed by atoms with Crippen molar-refractivity contribution < 1.29 is 4.74 Å².